The third-order valence-corrected chi connectivity index (χ3v) is 2.50. The maximum absolute atomic E-state index is 9.24. The molecule has 3 aromatic rings. The molecule has 0 atom stereocenters. The molecule has 0 fully saturated rings. The van der Waals surface area contributed by atoms with E-state index in [0.717, 1.165) is 5.56 Å². The summed E-state index contributed by atoms with van der Waals surface area (Å²) in [5, 5.41) is 23.2. The Hall–Kier alpha value is -2.94. The van der Waals surface area contributed by atoms with E-state index in [1.54, 1.807) is 0 Å². The van der Waals surface area contributed by atoms with Crippen LogP contribution in [0.4, 0.5) is 0 Å². The number of nitrogens with one attached hydrogen (secondary N) is 1. The fourth-order valence-corrected chi connectivity index (χ4v) is 1.67. The number of hydrogen-bond acceptors (Lipinski definition) is 5. The van der Waals surface area contributed by atoms with Crippen molar-refractivity contribution in [2.75, 3.05) is 0 Å². The van der Waals surface area contributed by atoms with Crippen LogP contribution in [0.2, 0.25) is 0 Å². The number of nitriles is 1. The van der Waals surface area contributed by atoms with Crippen LogP contribution in [0.1, 0.15) is 5.56 Å². The molecule has 0 spiro atoms. The van der Waals surface area contributed by atoms with E-state index in [1.165, 1.54) is 6.20 Å². The molecule has 0 unspecified atom stereocenters. The molecular weight excluding hydrogens is 230 g/mol. The second-order valence-electron chi connectivity index (χ2n) is 3.57. The average molecular weight is 237 g/mol. The van der Waals surface area contributed by atoms with Gasteiger partial charge < -0.3 is 4.52 Å². The number of hydrogen-bond donors (Lipinski definition) is 1. The first-order valence-corrected chi connectivity index (χ1v) is 5.21. The second-order valence-corrected chi connectivity index (χ2v) is 3.57. The zero-order valence-electron chi connectivity index (χ0n) is 9.16. The molecule has 2 aromatic heterocycles. The summed E-state index contributed by atoms with van der Waals surface area (Å²) in [7, 11) is 0. The quantitative estimate of drug-likeness (QED) is 0.735. The van der Waals surface area contributed by atoms with Crippen LogP contribution in [0, 0.1) is 11.3 Å². The lowest BCUT2D eigenvalue weighted by Gasteiger charge is -1.94. The maximum Gasteiger partial charge on any atom is 0.207 e. The SMILES string of the molecule is N#Cc1c(-c2ccccc2)noc1-c1cn[nH]n1. The van der Waals surface area contributed by atoms with Gasteiger partial charge in [0.05, 0.1) is 6.20 Å². The van der Waals surface area contributed by atoms with E-state index < -0.39 is 0 Å². The van der Waals surface area contributed by atoms with Crippen molar-refractivity contribution in [2.24, 2.45) is 0 Å². The van der Waals surface area contributed by atoms with Crippen molar-refractivity contribution in [3.8, 4) is 28.8 Å². The van der Waals surface area contributed by atoms with Crippen LogP contribution in [0.25, 0.3) is 22.7 Å². The molecule has 0 amide bonds. The van der Waals surface area contributed by atoms with E-state index >= 15 is 0 Å². The van der Waals surface area contributed by atoms with Gasteiger partial charge in [0.2, 0.25) is 5.76 Å². The number of aromatic amines is 1. The predicted octanol–water partition coefficient (Wildman–Crippen LogP) is 2.00. The first-order valence-electron chi connectivity index (χ1n) is 5.21. The van der Waals surface area contributed by atoms with Gasteiger partial charge >= 0.3 is 0 Å². The summed E-state index contributed by atoms with van der Waals surface area (Å²) in [4.78, 5) is 0. The molecule has 0 aliphatic carbocycles. The average Bonchev–Trinajstić information content (AvgIpc) is 3.08. The summed E-state index contributed by atoms with van der Waals surface area (Å²) in [6.07, 6.45) is 1.48. The zero-order valence-corrected chi connectivity index (χ0v) is 9.16. The summed E-state index contributed by atoms with van der Waals surface area (Å²) < 4.78 is 5.19. The van der Waals surface area contributed by atoms with Gasteiger partial charge in [0.25, 0.3) is 0 Å². The molecule has 86 valence electrons. The van der Waals surface area contributed by atoms with E-state index in [-0.39, 0.29) is 0 Å². The van der Waals surface area contributed by atoms with Crippen LogP contribution in [0.15, 0.2) is 41.1 Å². The summed E-state index contributed by atoms with van der Waals surface area (Å²) in [5.41, 5.74) is 2.15. The van der Waals surface area contributed by atoms with Gasteiger partial charge in [0.1, 0.15) is 17.3 Å². The Balaban J connectivity index is 2.17. The van der Waals surface area contributed by atoms with Gasteiger partial charge in [-0.1, -0.05) is 35.5 Å². The van der Waals surface area contributed by atoms with Crippen LogP contribution >= 0.6 is 0 Å². The highest BCUT2D eigenvalue weighted by Crippen LogP contribution is 2.29. The molecule has 0 aliphatic rings. The lowest BCUT2D eigenvalue weighted by molar-refractivity contribution is 0.433. The summed E-state index contributed by atoms with van der Waals surface area (Å²) in [6.45, 7) is 0. The van der Waals surface area contributed by atoms with E-state index in [2.05, 4.69) is 26.6 Å². The molecule has 0 saturated carbocycles. The van der Waals surface area contributed by atoms with Crippen molar-refractivity contribution >= 4 is 0 Å². The molecule has 1 N–H and O–H groups in total. The highest BCUT2D eigenvalue weighted by Gasteiger charge is 2.20. The minimum absolute atomic E-state index is 0.324. The van der Waals surface area contributed by atoms with Crippen LogP contribution in [-0.2, 0) is 0 Å². The number of H-pyrrole nitrogens is 1. The van der Waals surface area contributed by atoms with Crippen molar-refractivity contribution in [1.82, 2.24) is 20.6 Å². The Bertz CT molecular complexity index is 694. The van der Waals surface area contributed by atoms with E-state index in [4.69, 9.17) is 4.52 Å². The maximum atomic E-state index is 9.24. The first-order chi connectivity index (χ1) is 8.90. The summed E-state index contributed by atoms with van der Waals surface area (Å²) in [6, 6.07) is 11.5. The van der Waals surface area contributed by atoms with Crippen molar-refractivity contribution in [3.05, 3.63) is 42.1 Å². The van der Waals surface area contributed by atoms with Crippen LogP contribution in [0.5, 0.6) is 0 Å². The van der Waals surface area contributed by atoms with Crippen molar-refractivity contribution in [1.29, 1.82) is 5.26 Å². The molecule has 2 heterocycles. The smallest absolute Gasteiger partial charge is 0.207 e. The van der Waals surface area contributed by atoms with Gasteiger partial charge in [0.15, 0.2) is 5.69 Å². The molecule has 0 aliphatic heterocycles. The Morgan fingerprint density at radius 2 is 2.06 bits per heavy atom. The van der Waals surface area contributed by atoms with E-state index in [9.17, 15) is 5.26 Å². The largest absolute Gasteiger partial charge is 0.352 e. The van der Waals surface area contributed by atoms with Crippen LogP contribution in [0.3, 0.4) is 0 Å². The Labute approximate surface area is 102 Å². The van der Waals surface area contributed by atoms with Gasteiger partial charge in [-0.3, -0.25) is 0 Å². The molecule has 0 bridgehead atoms. The standard InChI is InChI=1S/C12H7N5O/c13-6-9-11(8-4-2-1-3-5-8)16-18-12(9)10-7-14-17-15-10/h1-5,7H,(H,14,15,17). The van der Waals surface area contributed by atoms with E-state index in [1.807, 2.05) is 30.3 Å². The van der Waals surface area contributed by atoms with Gasteiger partial charge in [-0.05, 0) is 0 Å². The molecule has 1 aromatic carbocycles. The Morgan fingerprint density at radius 1 is 1.22 bits per heavy atom. The number of rotatable bonds is 2. The van der Waals surface area contributed by atoms with Crippen LogP contribution in [-0.4, -0.2) is 20.6 Å². The topological polar surface area (TPSA) is 91.4 Å². The van der Waals surface area contributed by atoms with Crippen molar-refractivity contribution in [2.45, 2.75) is 0 Å². The Morgan fingerprint density at radius 3 is 2.72 bits per heavy atom. The molecule has 0 saturated heterocycles. The second kappa shape index (κ2) is 4.14. The van der Waals surface area contributed by atoms with E-state index in [0.29, 0.717) is 22.7 Å². The fourth-order valence-electron chi connectivity index (χ4n) is 1.67. The molecule has 3 rings (SSSR count). The van der Waals surface area contributed by atoms with Gasteiger partial charge in [-0.2, -0.15) is 20.7 Å². The highest BCUT2D eigenvalue weighted by molar-refractivity contribution is 5.74. The molecule has 18 heavy (non-hydrogen) atoms. The predicted molar refractivity (Wildman–Crippen MR) is 62.0 cm³/mol. The number of nitrogens with zero attached hydrogens (tertiary/aromatic N) is 4. The van der Waals surface area contributed by atoms with Gasteiger partial charge in [0, 0.05) is 5.56 Å². The minimum atomic E-state index is 0.324. The lowest BCUT2D eigenvalue weighted by atomic mass is 10.1. The Kier molecular flexibility index (Phi) is 2.35. The molecule has 6 heteroatoms. The van der Waals surface area contributed by atoms with Crippen LogP contribution < -0.4 is 0 Å². The van der Waals surface area contributed by atoms with Crippen molar-refractivity contribution < 1.29 is 4.52 Å². The fraction of sp³-hybridized carbons (Fsp3) is 0. The van der Waals surface area contributed by atoms with Gasteiger partial charge in [-0.25, -0.2) is 0 Å². The minimum Gasteiger partial charge on any atom is -0.352 e. The third kappa shape index (κ3) is 1.55. The summed E-state index contributed by atoms with van der Waals surface area (Å²) in [5.74, 6) is 0.324. The lowest BCUT2D eigenvalue weighted by Crippen LogP contribution is -1.83. The first kappa shape index (κ1) is 10.2. The molecule has 0 radical (unpaired) electrons. The third-order valence-electron chi connectivity index (χ3n) is 2.50. The zero-order chi connectivity index (χ0) is 12.4. The normalized spacial score (nSPS) is 10.2. The molecule has 6 nitrogen and oxygen atoms in total. The van der Waals surface area contributed by atoms with Gasteiger partial charge in [-0.15, -0.1) is 0 Å². The number of aromatic nitrogens is 4. The van der Waals surface area contributed by atoms with Crippen molar-refractivity contribution in [3.63, 3.8) is 0 Å². The highest BCUT2D eigenvalue weighted by atomic mass is 16.5. The summed E-state index contributed by atoms with van der Waals surface area (Å²) >= 11 is 0. The number of benzene rings is 1. The monoisotopic (exact) mass is 237 g/mol. The molecular formula is C12H7N5O.